The van der Waals surface area contributed by atoms with E-state index in [0.717, 1.165) is 29.3 Å². The molecule has 0 aromatic carbocycles. The lowest BCUT2D eigenvalue weighted by atomic mass is 10.0. The highest BCUT2D eigenvalue weighted by Crippen LogP contribution is 2.26. The van der Waals surface area contributed by atoms with Crippen LogP contribution in [0.3, 0.4) is 0 Å². The molecule has 0 aliphatic carbocycles. The molecule has 1 aromatic rings. The normalized spacial score (nSPS) is 20.1. The van der Waals surface area contributed by atoms with E-state index in [2.05, 4.69) is 20.7 Å². The van der Waals surface area contributed by atoms with Gasteiger partial charge in [-0.25, -0.2) is 13.1 Å². The van der Waals surface area contributed by atoms with Crippen LogP contribution >= 0.6 is 27.3 Å². The number of likely N-dealkylation sites (tertiary alicyclic amines) is 1. The molecular weight excluding hydrogens is 364 g/mol. The maximum absolute atomic E-state index is 12.5. The molecular formula is C12H17BrN2O3S2. The Kier molecular flexibility index (Phi) is 5.22. The van der Waals surface area contributed by atoms with Gasteiger partial charge < -0.3 is 4.90 Å². The van der Waals surface area contributed by atoms with Gasteiger partial charge in [0.15, 0.2) is 0 Å². The fraction of sp³-hybridized carbons (Fsp3) is 0.583. The van der Waals surface area contributed by atoms with Gasteiger partial charge in [-0.15, -0.1) is 11.3 Å². The third-order valence-corrected chi connectivity index (χ3v) is 5.56. The van der Waals surface area contributed by atoms with E-state index in [9.17, 15) is 13.2 Å². The van der Waals surface area contributed by atoms with Crippen LogP contribution in [0.2, 0.25) is 0 Å². The van der Waals surface area contributed by atoms with E-state index in [0.29, 0.717) is 11.4 Å². The molecule has 1 saturated heterocycles. The number of nitrogens with zero attached hydrogens (tertiary/aromatic N) is 1. The number of carbonyl (C=O) groups excluding carboxylic acids is 1. The van der Waals surface area contributed by atoms with Gasteiger partial charge in [-0.2, -0.15) is 0 Å². The van der Waals surface area contributed by atoms with Gasteiger partial charge >= 0.3 is 0 Å². The van der Waals surface area contributed by atoms with Gasteiger partial charge in [-0.1, -0.05) is 0 Å². The molecule has 1 aromatic heterocycles. The number of amides is 1. The first kappa shape index (κ1) is 15.9. The molecule has 0 radical (unpaired) electrons. The van der Waals surface area contributed by atoms with Crippen LogP contribution in [0.4, 0.5) is 0 Å². The van der Waals surface area contributed by atoms with Gasteiger partial charge in [0.1, 0.15) is 0 Å². The first-order chi connectivity index (χ1) is 9.37. The van der Waals surface area contributed by atoms with Crippen LogP contribution in [0.25, 0.3) is 0 Å². The van der Waals surface area contributed by atoms with Crippen molar-refractivity contribution >= 4 is 43.2 Å². The van der Waals surface area contributed by atoms with Crippen molar-refractivity contribution in [3.05, 3.63) is 20.8 Å². The summed E-state index contributed by atoms with van der Waals surface area (Å²) in [6.07, 6.45) is 3.96. The first-order valence-corrected chi connectivity index (χ1v) is 9.88. The van der Waals surface area contributed by atoms with Crippen molar-refractivity contribution in [1.82, 2.24) is 9.62 Å². The van der Waals surface area contributed by atoms with Crippen LogP contribution in [-0.4, -0.2) is 44.6 Å². The number of carbonyl (C=O) groups is 1. The Morgan fingerprint density at radius 3 is 2.85 bits per heavy atom. The quantitative estimate of drug-likeness (QED) is 0.868. The zero-order valence-electron chi connectivity index (χ0n) is 11.1. The molecule has 1 aliphatic heterocycles. The molecule has 20 heavy (non-hydrogen) atoms. The number of hydrogen-bond acceptors (Lipinski definition) is 4. The van der Waals surface area contributed by atoms with Crippen LogP contribution in [0.5, 0.6) is 0 Å². The summed E-state index contributed by atoms with van der Waals surface area (Å²) < 4.78 is 25.8. The lowest BCUT2D eigenvalue weighted by molar-refractivity contribution is 0.0624. The van der Waals surface area contributed by atoms with Crippen LogP contribution in [-0.2, 0) is 10.0 Å². The van der Waals surface area contributed by atoms with Gasteiger partial charge in [0.05, 0.1) is 14.9 Å². The third-order valence-electron chi connectivity index (χ3n) is 3.25. The molecule has 2 rings (SSSR count). The van der Waals surface area contributed by atoms with Crippen molar-refractivity contribution in [3.8, 4) is 0 Å². The zero-order chi connectivity index (χ0) is 14.8. The van der Waals surface area contributed by atoms with Gasteiger partial charge in [-0.3, -0.25) is 4.79 Å². The number of halogens is 1. The Morgan fingerprint density at radius 2 is 2.25 bits per heavy atom. The Hall–Kier alpha value is -0.440. The molecule has 0 bridgehead atoms. The average Bonchev–Trinajstić information content (AvgIpc) is 2.82. The minimum Gasteiger partial charge on any atom is -0.334 e. The number of thiophene rings is 1. The van der Waals surface area contributed by atoms with E-state index in [1.807, 2.05) is 6.07 Å². The van der Waals surface area contributed by atoms with Gasteiger partial charge in [0.2, 0.25) is 10.0 Å². The summed E-state index contributed by atoms with van der Waals surface area (Å²) in [7, 11) is -3.23. The van der Waals surface area contributed by atoms with Crippen molar-refractivity contribution in [2.75, 3.05) is 19.3 Å². The summed E-state index contributed by atoms with van der Waals surface area (Å²) in [6.45, 7) is 0.974. The van der Waals surface area contributed by atoms with Crippen LogP contribution in [0.15, 0.2) is 15.9 Å². The highest BCUT2D eigenvalue weighted by molar-refractivity contribution is 9.11. The number of sulfonamides is 1. The lowest BCUT2D eigenvalue weighted by Crippen LogP contribution is -2.49. The van der Waals surface area contributed by atoms with Gasteiger partial charge in [0, 0.05) is 19.1 Å². The molecule has 0 saturated carbocycles. The molecule has 2 heterocycles. The highest BCUT2D eigenvalue weighted by atomic mass is 79.9. The SMILES string of the molecule is CS(=O)(=O)NC[C@H]1CCCCN1C(=O)c1ccc(Br)s1. The van der Waals surface area contributed by atoms with Gasteiger partial charge in [0.25, 0.3) is 5.91 Å². The number of nitrogens with one attached hydrogen (secondary N) is 1. The second-order valence-electron chi connectivity index (χ2n) is 4.87. The fourth-order valence-electron chi connectivity index (χ4n) is 2.30. The van der Waals surface area contributed by atoms with E-state index in [1.54, 1.807) is 11.0 Å². The van der Waals surface area contributed by atoms with E-state index in [-0.39, 0.29) is 18.5 Å². The van der Waals surface area contributed by atoms with E-state index < -0.39 is 10.0 Å². The second-order valence-corrected chi connectivity index (χ2v) is 9.17. The summed E-state index contributed by atoms with van der Waals surface area (Å²) in [5.74, 6) is -0.0132. The van der Waals surface area contributed by atoms with Gasteiger partial charge in [-0.05, 0) is 47.3 Å². The predicted octanol–water partition coefficient (Wildman–Crippen LogP) is 2.05. The third kappa shape index (κ3) is 4.28. The van der Waals surface area contributed by atoms with E-state index in [4.69, 9.17) is 0 Å². The van der Waals surface area contributed by atoms with E-state index >= 15 is 0 Å². The fourth-order valence-corrected chi connectivity index (χ4v) is 4.14. The maximum atomic E-state index is 12.5. The largest absolute Gasteiger partial charge is 0.334 e. The molecule has 1 N–H and O–H groups in total. The molecule has 1 aliphatic rings. The lowest BCUT2D eigenvalue weighted by Gasteiger charge is -2.35. The molecule has 112 valence electrons. The standard InChI is InChI=1S/C12H17BrN2O3S2/c1-20(17,18)14-8-9-4-2-3-7-15(9)12(16)10-5-6-11(13)19-10/h5-6,9,14H,2-4,7-8H2,1H3/t9-/m1/s1. The number of rotatable bonds is 4. The highest BCUT2D eigenvalue weighted by Gasteiger charge is 2.28. The van der Waals surface area contributed by atoms with Crippen molar-refractivity contribution < 1.29 is 13.2 Å². The molecule has 1 amide bonds. The summed E-state index contributed by atoms with van der Waals surface area (Å²) in [5.41, 5.74) is 0. The molecule has 5 nitrogen and oxygen atoms in total. The first-order valence-electron chi connectivity index (χ1n) is 6.38. The molecule has 1 atom stereocenters. The van der Waals surface area contributed by atoms with Crippen molar-refractivity contribution in [1.29, 1.82) is 0 Å². The Bertz CT molecular complexity index is 585. The minimum absolute atomic E-state index is 0.0132. The van der Waals surface area contributed by atoms with Crippen molar-refractivity contribution in [2.45, 2.75) is 25.3 Å². The number of piperidine rings is 1. The Balaban J connectivity index is 2.08. The van der Waals surface area contributed by atoms with Crippen LogP contribution < -0.4 is 4.72 Å². The Labute approximate surface area is 131 Å². The monoisotopic (exact) mass is 380 g/mol. The average molecular weight is 381 g/mol. The molecule has 8 heteroatoms. The minimum atomic E-state index is -3.23. The van der Waals surface area contributed by atoms with Crippen molar-refractivity contribution in [2.24, 2.45) is 0 Å². The van der Waals surface area contributed by atoms with Crippen molar-refractivity contribution in [3.63, 3.8) is 0 Å². The Morgan fingerprint density at radius 1 is 1.50 bits per heavy atom. The zero-order valence-corrected chi connectivity index (χ0v) is 14.4. The smallest absolute Gasteiger partial charge is 0.264 e. The summed E-state index contributed by atoms with van der Waals surface area (Å²) in [4.78, 5) is 15.0. The second kappa shape index (κ2) is 6.55. The maximum Gasteiger partial charge on any atom is 0.264 e. The summed E-state index contributed by atoms with van der Waals surface area (Å²) >= 11 is 4.75. The summed E-state index contributed by atoms with van der Waals surface area (Å²) in [5, 5.41) is 0. The number of hydrogen-bond donors (Lipinski definition) is 1. The molecule has 0 unspecified atom stereocenters. The van der Waals surface area contributed by atoms with Crippen LogP contribution in [0, 0.1) is 0 Å². The summed E-state index contributed by atoms with van der Waals surface area (Å²) in [6, 6.07) is 3.59. The van der Waals surface area contributed by atoms with Crippen LogP contribution in [0.1, 0.15) is 28.9 Å². The van der Waals surface area contributed by atoms with E-state index in [1.165, 1.54) is 11.3 Å². The molecule has 1 fully saturated rings. The predicted molar refractivity (Wildman–Crippen MR) is 83.5 cm³/mol. The topological polar surface area (TPSA) is 66.5 Å². The molecule has 0 spiro atoms.